The van der Waals surface area contributed by atoms with Crippen molar-refractivity contribution in [3.63, 3.8) is 0 Å². The van der Waals surface area contributed by atoms with Crippen molar-refractivity contribution in [1.82, 2.24) is 0 Å². The lowest BCUT2D eigenvalue weighted by atomic mass is 9.95. The van der Waals surface area contributed by atoms with Gasteiger partial charge in [-0.25, -0.2) is 0 Å². The zero-order chi connectivity index (χ0) is 23.8. The number of aliphatic carboxylic acids is 1. The van der Waals surface area contributed by atoms with Crippen LogP contribution in [0.2, 0.25) is 0 Å². The summed E-state index contributed by atoms with van der Waals surface area (Å²) < 4.78 is 35.9. The molecule has 0 spiro atoms. The van der Waals surface area contributed by atoms with Crippen LogP contribution in [0.4, 0.5) is 13.2 Å². The Morgan fingerprint density at radius 2 is 1.18 bits per heavy atom. The normalized spacial score (nSPS) is 10.8. The van der Waals surface area contributed by atoms with Gasteiger partial charge in [-0.1, -0.05) is 78.9 Å². The Bertz CT molecular complexity index is 1200. The lowest BCUT2D eigenvalue weighted by Crippen LogP contribution is -3.61. The third kappa shape index (κ3) is 7.04. The van der Waals surface area contributed by atoms with Crippen LogP contribution in [0, 0.1) is 10.7 Å². The van der Waals surface area contributed by atoms with Gasteiger partial charge in [0.05, 0.1) is 3.57 Å². The number of hydrogen-bond acceptors (Lipinski definition) is 2. The van der Waals surface area contributed by atoms with Crippen LogP contribution in [0.25, 0.3) is 22.3 Å². The van der Waals surface area contributed by atoms with Crippen molar-refractivity contribution in [3.05, 3.63) is 114 Å². The average molecular weight is 672 g/mol. The summed E-state index contributed by atoms with van der Waals surface area (Å²) in [5.74, 6) is -3.01. The second kappa shape index (κ2) is 11.6. The summed E-state index contributed by atoms with van der Waals surface area (Å²) in [6.45, 7) is 0. The monoisotopic (exact) mass is 672 g/mol. The molecule has 0 heterocycles. The van der Waals surface area contributed by atoms with Crippen LogP contribution in [-0.4, -0.2) is 12.1 Å². The molecule has 0 aliphatic rings. The number of carboxylic acid groups (broad SMARTS) is 1. The van der Waals surface area contributed by atoms with E-state index in [4.69, 9.17) is 9.90 Å². The van der Waals surface area contributed by atoms with E-state index in [1.807, 2.05) is 0 Å². The zero-order valence-electron chi connectivity index (χ0n) is 17.0. The van der Waals surface area contributed by atoms with Crippen LogP contribution >= 0.6 is 22.6 Å². The minimum absolute atomic E-state index is 0.192. The van der Waals surface area contributed by atoms with Gasteiger partial charge < -0.3 is 9.90 Å². The van der Waals surface area contributed by atoms with Crippen LogP contribution in [0.5, 0.6) is 0 Å². The Balaban J connectivity index is 0.000000383. The van der Waals surface area contributed by atoms with Gasteiger partial charge in [0, 0.05) is 5.56 Å². The number of halogens is 5. The molecular formula is C26H17F3I2O2. The van der Waals surface area contributed by atoms with Crippen molar-refractivity contribution in [2.24, 2.45) is 0 Å². The molecule has 0 radical (unpaired) electrons. The van der Waals surface area contributed by atoms with Gasteiger partial charge in [-0.2, -0.15) is 13.2 Å². The minimum atomic E-state index is -5.19. The first kappa shape index (κ1) is 25.2. The predicted molar refractivity (Wildman–Crippen MR) is 125 cm³/mol. The molecule has 0 N–H and O–H groups in total. The number of benzene rings is 4. The van der Waals surface area contributed by atoms with Crippen molar-refractivity contribution in [2.75, 3.05) is 0 Å². The van der Waals surface area contributed by atoms with E-state index in [2.05, 4.69) is 126 Å². The van der Waals surface area contributed by atoms with Crippen molar-refractivity contribution < 1.29 is 44.3 Å². The van der Waals surface area contributed by atoms with Crippen LogP contribution in [-0.2, 0) is 4.79 Å². The molecule has 0 unspecified atom stereocenters. The number of carbonyl (C=O) groups excluding carboxylic acids is 1. The number of rotatable bonds is 4. The highest BCUT2D eigenvalue weighted by atomic mass is 127. The van der Waals surface area contributed by atoms with Gasteiger partial charge in [0.15, 0.2) is 3.57 Å². The molecule has 168 valence electrons. The van der Waals surface area contributed by atoms with E-state index in [9.17, 15) is 13.2 Å². The highest BCUT2D eigenvalue weighted by Gasteiger charge is 2.29. The molecule has 0 fully saturated rings. The highest BCUT2D eigenvalue weighted by Crippen LogP contribution is 2.35. The van der Waals surface area contributed by atoms with Crippen LogP contribution < -0.4 is 26.3 Å². The van der Waals surface area contributed by atoms with Crippen LogP contribution in [0.15, 0.2) is 103 Å². The number of alkyl halides is 3. The molecular weight excluding hydrogens is 655 g/mol. The molecule has 7 heteroatoms. The van der Waals surface area contributed by atoms with Gasteiger partial charge in [0.1, 0.15) is 5.97 Å². The summed E-state index contributed by atoms with van der Waals surface area (Å²) >= 11 is 2.36. The molecule has 2 nitrogen and oxygen atoms in total. The maximum atomic E-state index is 10.5. The Kier molecular flexibility index (Phi) is 8.90. The summed E-state index contributed by atoms with van der Waals surface area (Å²) in [6, 6.07) is 37.0. The van der Waals surface area contributed by atoms with Gasteiger partial charge in [-0.3, -0.25) is 0 Å². The number of hydrogen-bond donors (Lipinski definition) is 0. The molecule has 0 bridgehead atoms. The minimum Gasteiger partial charge on any atom is -0.542 e. The molecule has 0 saturated carbocycles. The third-order valence-corrected chi connectivity index (χ3v) is 9.39. The first-order chi connectivity index (χ1) is 15.8. The molecule has 33 heavy (non-hydrogen) atoms. The van der Waals surface area contributed by atoms with E-state index in [1.54, 1.807) is 0 Å². The van der Waals surface area contributed by atoms with E-state index >= 15 is 0 Å². The van der Waals surface area contributed by atoms with E-state index < -0.39 is 12.1 Å². The van der Waals surface area contributed by atoms with E-state index in [1.165, 1.54) is 33.0 Å². The summed E-state index contributed by atoms with van der Waals surface area (Å²) in [5.41, 5.74) is 5.22. The Hall–Kier alpha value is -2.40. The lowest BCUT2D eigenvalue weighted by molar-refractivity contribution is -0.598. The highest BCUT2D eigenvalue weighted by molar-refractivity contribution is 14.1. The molecule has 0 amide bonds. The SMILES string of the molecule is Ic1c([I+]c2ccccc2)ccc(-c2ccccc2)c1-c1ccccc1.O=C([O-])C(F)(F)F. The molecule has 0 aliphatic carbocycles. The van der Waals surface area contributed by atoms with Crippen LogP contribution in [0.1, 0.15) is 0 Å². The summed E-state index contributed by atoms with van der Waals surface area (Å²) in [6.07, 6.45) is -5.19. The fourth-order valence-electron chi connectivity index (χ4n) is 2.96. The largest absolute Gasteiger partial charge is 0.542 e. The maximum Gasteiger partial charge on any atom is 0.430 e. The van der Waals surface area contributed by atoms with Crippen LogP contribution in [0.3, 0.4) is 0 Å². The number of carboxylic acids is 1. The summed E-state index contributed by atoms with van der Waals surface area (Å²) in [7, 11) is 0. The fraction of sp³-hybridized carbons (Fsp3) is 0.0385. The molecule has 0 saturated heterocycles. The zero-order valence-corrected chi connectivity index (χ0v) is 21.3. The van der Waals surface area contributed by atoms with E-state index in [-0.39, 0.29) is 21.2 Å². The Labute approximate surface area is 213 Å². The first-order valence-corrected chi connectivity index (χ1v) is 12.9. The topological polar surface area (TPSA) is 40.1 Å². The molecule has 0 aliphatic heterocycles. The lowest BCUT2D eigenvalue weighted by Gasteiger charge is -2.12. The van der Waals surface area contributed by atoms with Gasteiger partial charge in [-0.05, 0) is 63.5 Å². The summed E-state index contributed by atoms with van der Waals surface area (Å²) in [4.78, 5) is 8.78. The molecule has 4 aromatic carbocycles. The van der Waals surface area contributed by atoms with Gasteiger partial charge in [0.25, 0.3) is 0 Å². The smallest absolute Gasteiger partial charge is 0.430 e. The first-order valence-electron chi connectivity index (χ1n) is 9.68. The third-order valence-electron chi connectivity index (χ3n) is 4.42. The predicted octanol–water partition coefficient (Wildman–Crippen LogP) is 3.05. The summed E-state index contributed by atoms with van der Waals surface area (Å²) in [5, 5.41) is 8.78. The van der Waals surface area contributed by atoms with Crippen molar-refractivity contribution in [1.29, 1.82) is 0 Å². The average Bonchev–Trinajstić information content (AvgIpc) is 2.82. The van der Waals surface area contributed by atoms with E-state index in [0.29, 0.717) is 0 Å². The fourth-order valence-corrected chi connectivity index (χ4v) is 6.74. The van der Waals surface area contributed by atoms with Crippen molar-refractivity contribution >= 4 is 28.6 Å². The second-order valence-corrected chi connectivity index (χ2v) is 10.7. The molecule has 4 rings (SSSR count). The maximum absolute atomic E-state index is 10.5. The molecule has 4 aromatic rings. The van der Waals surface area contributed by atoms with Crippen molar-refractivity contribution in [2.45, 2.75) is 6.18 Å². The quantitative estimate of drug-likeness (QED) is 0.313. The van der Waals surface area contributed by atoms with E-state index in [0.717, 1.165) is 0 Å². The molecule has 0 atom stereocenters. The standard InChI is InChI=1S/C24H17I2.C2HF3O2/c25-24-22(26-20-14-8-3-9-15-20)17-16-21(18-10-4-1-5-11-18)23(24)19-12-6-2-7-13-19;3-2(4,5)1(6)7/h1-17H;(H,6,7)/q+1;/p-1. The van der Waals surface area contributed by atoms with Gasteiger partial charge in [0.2, 0.25) is 3.57 Å². The molecule has 0 aromatic heterocycles. The second-order valence-electron chi connectivity index (χ2n) is 6.69. The Morgan fingerprint density at radius 1 is 0.727 bits per heavy atom. The Morgan fingerprint density at radius 3 is 1.67 bits per heavy atom. The number of carbonyl (C=O) groups is 1. The van der Waals surface area contributed by atoms with Gasteiger partial charge >= 0.3 is 27.4 Å². The van der Waals surface area contributed by atoms with Crippen molar-refractivity contribution in [3.8, 4) is 22.3 Å². The van der Waals surface area contributed by atoms with Gasteiger partial charge in [-0.15, -0.1) is 0 Å².